The van der Waals surface area contributed by atoms with Crippen molar-refractivity contribution in [2.45, 2.75) is 0 Å². The quantitative estimate of drug-likeness (QED) is 0.296. The van der Waals surface area contributed by atoms with E-state index < -0.39 is 4.92 Å². The summed E-state index contributed by atoms with van der Waals surface area (Å²) >= 11 is 5.53. The number of pyridine rings is 1. The van der Waals surface area contributed by atoms with Gasteiger partial charge in [0.25, 0.3) is 5.69 Å². The molecule has 0 aliphatic heterocycles. The molecular formula is C15H15ClN8O2. The lowest BCUT2D eigenvalue weighted by molar-refractivity contribution is -0.384. The van der Waals surface area contributed by atoms with E-state index in [1.807, 2.05) is 0 Å². The third-order valence-electron chi connectivity index (χ3n) is 3.14. The Labute approximate surface area is 153 Å². The molecule has 3 rings (SSSR count). The van der Waals surface area contributed by atoms with Gasteiger partial charge in [-0.1, -0.05) is 11.6 Å². The molecule has 0 radical (unpaired) electrons. The number of benzene rings is 1. The highest BCUT2D eigenvalue weighted by molar-refractivity contribution is 6.33. The van der Waals surface area contributed by atoms with Gasteiger partial charge in [-0.05, 0) is 18.2 Å². The van der Waals surface area contributed by atoms with Gasteiger partial charge in [0.15, 0.2) is 17.5 Å². The number of non-ortho nitro benzene ring substituents is 1. The van der Waals surface area contributed by atoms with Crippen molar-refractivity contribution >= 4 is 40.3 Å². The summed E-state index contributed by atoms with van der Waals surface area (Å²) in [6.45, 7) is 0. The minimum absolute atomic E-state index is 0.0517. The first-order valence-corrected chi connectivity index (χ1v) is 7.45. The fourth-order valence-electron chi connectivity index (χ4n) is 1.76. The molecule has 0 atom stereocenters. The number of nitro benzene ring substituents is 1. The molecule has 0 saturated heterocycles. The zero-order valence-electron chi connectivity index (χ0n) is 13.3. The number of aromatic nitrogens is 3. The summed E-state index contributed by atoms with van der Waals surface area (Å²) in [5.41, 5.74) is 23.4. The van der Waals surface area contributed by atoms with Gasteiger partial charge in [-0.15, -0.1) is 0 Å². The van der Waals surface area contributed by atoms with E-state index >= 15 is 0 Å². The van der Waals surface area contributed by atoms with Gasteiger partial charge in [0.1, 0.15) is 5.69 Å². The number of nitrogens with two attached hydrogens (primary N) is 4. The average molecular weight is 375 g/mol. The predicted molar refractivity (Wildman–Crippen MR) is 101 cm³/mol. The minimum atomic E-state index is -0.522. The molecule has 8 N–H and O–H groups in total. The van der Waals surface area contributed by atoms with Crippen LogP contribution in [0.1, 0.15) is 0 Å². The van der Waals surface area contributed by atoms with E-state index in [4.69, 9.17) is 34.5 Å². The number of hydrogen-bond donors (Lipinski definition) is 4. The molecule has 0 aliphatic carbocycles. The molecule has 2 aromatic heterocycles. The van der Waals surface area contributed by atoms with Crippen molar-refractivity contribution in [1.29, 1.82) is 0 Å². The van der Waals surface area contributed by atoms with E-state index in [0.717, 1.165) is 5.56 Å². The molecule has 10 nitrogen and oxygen atoms in total. The number of hydrogen-bond acceptors (Lipinski definition) is 9. The van der Waals surface area contributed by atoms with Crippen molar-refractivity contribution in [2.24, 2.45) is 0 Å². The number of nitrogen functional groups attached to an aromatic ring is 4. The molecule has 11 heteroatoms. The van der Waals surface area contributed by atoms with Crippen LogP contribution in [0.5, 0.6) is 0 Å². The fourth-order valence-corrected chi connectivity index (χ4v) is 1.94. The lowest BCUT2D eigenvalue weighted by Gasteiger charge is -2.05. The van der Waals surface area contributed by atoms with Gasteiger partial charge in [0.05, 0.1) is 15.6 Å². The Morgan fingerprint density at radius 2 is 1.54 bits per heavy atom. The smallest absolute Gasteiger partial charge is 0.271 e. The van der Waals surface area contributed by atoms with Crippen LogP contribution in [0.2, 0.25) is 5.02 Å². The van der Waals surface area contributed by atoms with Crippen LogP contribution in [-0.2, 0) is 0 Å². The summed E-state index contributed by atoms with van der Waals surface area (Å²) < 4.78 is 0. The second-order valence-electron chi connectivity index (χ2n) is 4.93. The number of nitrogens with zero attached hydrogens (tertiary/aromatic N) is 4. The maximum atomic E-state index is 10.2. The number of rotatable bonds is 2. The van der Waals surface area contributed by atoms with Gasteiger partial charge in [0.2, 0.25) is 0 Å². The zero-order chi connectivity index (χ0) is 19.3. The van der Waals surface area contributed by atoms with Gasteiger partial charge in [-0.2, -0.15) is 0 Å². The zero-order valence-corrected chi connectivity index (χ0v) is 14.1. The van der Waals surface area contributed by atoms with E-state index in [-0.39, 0.29) is 28.0 Å². The Hall–Kier alpha value is -3.66. The van der Waals surface area contributed by atoms with Crippen LogP contribution in [0, 0.1) is 10.1 Å². The number of anilines is 4. The van der Waals surface area contributed by atoms with Crippen LogP contribution in [0.4, 0.5) is 28.7 Å². The third kappa shape index (κ3) is 4.45. The Kier molecular flexibility index (Phi) is 5.71. The molecule has 134 valence electrons. The Morgan fingerprint density at radius 3 is 2.04 bits per heavy atom. The van der Waals surface area contributed by atoms with Crippen LogP contribution in [-0.4, -0.2) is 19.9 Å². The highest BCUT2D eigenvalue weighted by atomic mass is 35.5. The Bertz CT molecular complexity index is 913. The summed E-state index contributed by atoms with van der Waals surface area (Å²) in [5, 5.41) is 10.4. The molecule has 1 aromatic carbocycles. The van der Waals surface area contributed by atoms with Crippen molar-refractivity contribution in [1.82, 2.24) is 15.0 Å². The first kappa shape index (κ1) is 18.7. The van der Waals surface area contributed by atoms with E-state index in [9.17, 15) is 10.1 Å². The summed E-state index contributed by atoms with van der Waals surface area (Å²) in [6.07, 6.45) is 3.28. The van der Waals surface area contributed by atoms with Gasteiger partial charge in [-0.3, -0.25) is 15.1 Å². The Balaban J connectivity index is 0.000000197. The fraction of sp³-hybridized carbons (Fsp3) is 0. The summed E-state index contributed by atoms with van der Waals surface area (Å²) in [6, 6.07) is 7.47. The SMILES string of the molecule is Nc1ccc([N+](=O)[O-])cc1Cl.Nc1nc(-c2ccncc2)nc(N)c1N. The second kappa shape index (κ2) is 7.94. The largest absolute Gasteiger partial charge is 0.398 e. The predicted octanol–water partition coefficient (Wildman–Crippen LogP) is 2.12. The molecule has 0 aliphatic rings. The maximum absolute atomic E-state index is 10.2. The normalized spacial score (nSPS) is 9.88. The molecule has 0 unspecified atom stereocenters. The maximum Gasteiger partial charge on any atom is 0.271 e. The number of nitro groups is 1. The van der Waals surface area contributed by atoms with Crippen molar-refractivity contribution < 1.29 is 4.92 Å². The lowest BCUT2D eigenvalue weighted by atomic mass is 10.2. The van der Waals surface area contributed by atoms with Crippen LogP contribution in [0.25, 0.3) is 11.4 Å². The van der Waals surface area contributed by atoms with E-state index in [1.54, 1.807) is 24.5 Å². The molecule has 0 amide bonds. The standard InChI is InChI=1S/C9H10N6.C6H5ClN2O2/c10-6-7(11)14-9(15-8(6)12)5-1-3-13-4-2-5;7-5-3-4(9(10)11)1-2-6(5)8/h1-4H,10H2,(H4,11,12,14,15);1-3H,8H2. The van der Waals surface area contributed by atoms with E-state index in [2.05, 4.69) is 15.0 Å². The van der Waals surface area contributed by atoms with Gasteiger partial charge >= 0.3 is 0 Å². The van der Waals surface area contributed by atoms with Gasteiger partial charge in [0, 0.05) is 30.1 Å². The highest BCUT2D eigenvalue weighted by Gasteiger charge is 2.08. The van der Waals surface area contributed by atoms with E-state index in [1.165, 1.54) is 18.2 Å². The summed E-state index contributed by atoms with van der Waals surface area (Å²) in [4.78, 5) is 21.6. The first-order chi connectivity index (χ1) is 12.3. The van der Waals surface area contributed by atoms with Gasteiger partial charge in [-0.25, -0.2) is 9.97 Å². The molecule has 3 aromatic rings. The van der Waals surface area contributed by atoms with Gasteiger partial charge < -0.3 is 22.9 Å². The van der Waals surface area contributed by atoms with Crippen molar-refractivity contribution in [3.8, 4) is 11.4 Å². The monoisotopic (exact) mass is 374 g/mol. The molecule has 2 heterocycles. The molecule has 26 heavy (non-hydrogen) atoms. The molecule has 0 fully saturated rings. The van der Waals surface area contributed by atoms with Crippen molar-refractivity contribution in [2.75, 3.05) is 22.9 Å². The molecule has 0 spiro atoms. The molecule has 0 saturated carbocycles. The van der Waals surface area contributed by atoms with Crippen molar-refractivity contribution in [3.63, 3.8) is 0 Å². The van der Waals surface area contributed by atoms with Crippen LogP contribution in [0.15, 0.2) is 42.7 Å². The lowest BCUT2D eigenvalue weighted by Crippen LogP contribution is -2.06. The topological polar surface area (TPSA) is 186 Å². The highest BCUT2D eigenvalue weighted by Crippen LogP contribution is 2.24. The second-order valence-corrected chi connectivity index (χ2v) is 5.34. The first-order valence-electron chi connectivity index (χ1n) is 7.08. The third-order valence-corrected chi connectivity index (χ3v) is 3.47. The van der Waals surface area contributed by atoms with Crippen molar-refractivity contribution in [3.05, 3.63) is 57.9 Å². The average Bonchev–Trinajstić information content (AvgIpc) is 2.62. The van der Waals surface area contributed by atoms with Crippen LogP contribution < -0.4 is 22.9 Å². The summed E-state index contributed by atoms with van der Waals surface area (Å²) in [5.74, 6) is 0.824. The van der Waals surface area contributed by atoms with Crippen LogP contribution in [0.3, 0.4) is 0 Å². The van der Waals surface area contributed by atoms with Crippen LogP contribution >= 0.6 is 11.6 Å². The Morgan fingerprint density at radius 1 is 0.962 bits per heavy atom. The number of halogens is 1. The molecule has 0 bridgehead atoms. The summed E-state index contributed by atoms with van der Waals surface area (Å²) in [7, 11) is 0. The minimum Gasteiger partial charge on any atom is -0.398 e. The van der Waals surface area contributed by atoms with E-state index in [0.29, 0.717) is 11.5 Å². The molecular weight excluding hydrogens is 360 g/mol.